The van der Waals surface area contributed by atoms with E-state index < -0.39 is 6.10 Å². The standard InChI is InChI=1S/C77H134O6/c1-4-7-10-13-16-19-22-25-28-31-33-35-37-38-40-41-43-46-49-52-55-58-61-64-67-70-76(79)82-73-74(72-81-75(78)69-66-63-60-57-54-51-48-45-30-27-24-21-18-15-12-9-6-3)83-77(80)71-68-65-62-59-56-53-50-47-44-42-39-36-34-32-29-26-23-20-17-14-11-8-5-2/h7,10,16,18-19,21,25,27-28,30,32-35,38,40,74H,4-6,8-9,11-15,17,20,22-24,26,29,31,36-37,39,41-73H2,1-3H3/b10-7-,19-16-,21-18-,28-25-,30-27-,34-32-,35-33-,40-38-. The Morgan fingerprint density at radius 1 is 0.253 bits per heavy atom. The summed E-state index contributed by atoms with van der Waals surface area (Å²) in [7, 11) is 0. The highest BCUT2D eigenvalue weighted by Gasteiger charge is 2.19. The van der Waals surface area contributed by atoms with E-state index in [1.165, 1.54) is 205 Å². The second-order valence-electron chi connectivity index (χ2n) is 23.8. The van der Waals surface area contributed by atoms with Crippen LogP contribution in [0.4, 0.5) is 0 Å². The van der Waals surface area contributed by atoms with E-state index >= 15 is 0 Å². The summed E-state index contributed by atoms with van der Waals surface area (Å²) in [5.74, 6) is -0.879. The number of carbonyl (C=O) groups is 3. The zero-order valence-electron chi connectivity index (χ0n) is 54.9. The molecule has 0 amide bonds. The van der Waals surface area contributed by atoms with Gasteiger partial charge in [0.2, 0.25) is 0 Å². The van der Waals surface area contributed by atoms with Crippen molar-refractivity contribution in [3.05, 3.63) is 97.2 Å². The van der Waals surface area contributed by atoms with Crippen molar-refractivity contribution in [2.75, 3.05) is 13.2 Å². The van der Waals surface area contributed by atoms with Gasteiger partial charge < -0.3 is 14.2 Å². The van der Waals surface area contributed by atoms with Crippen molar-refractivity contribution >= 4 is 17.9 Å². The summed E-state index contributed by atoms with van der Waals surface area (Å²) in [5.41, 5.74) is 0. The van der Waals surface area contributed by atoms with Crippen molar-refractivity contribution in [3.8, 4) is 0 Å². The summed E-state index contributed by atoms with van der Waals surface area (Å²) in [6, 6.07) is 0. The molecule has 6 heteroatoms. The largest absolute Gasteiger partial charge is 0.462 e. The first-order valence-electron chi connectivity index (χ1n) is 35.7. The Hall–Kier alpha value is -3.67. The van der Waals surface area contributed by atoms with Crippen LogP contribution in [0, 0.1) is 0 Å². The van der Waals surface area contributed by atoms with Crippen LogP contribution >= 0.6 is 0 Å². The number of carbonyl (C=O) groups excluding carboxylic acids is 3. The van der Waals surface area contributed by atoms with Crippen LogP contribution in [0.2, 0.25) is 0 Å². The lowest BCUT2D eigenvalue weighted by molar-refractivity contribution is -0.167. The third kappa shape index (κ3) is 69.0. The molecule has 0 heterocycles. The number of ether oxygens (including phenoxy) is 3. The first-order valence-corrected chi connectivity index (χ1v) is 35.7. The third-order valence-electron chi connectivity index (χ3n) is 15.5. The van der Waals surface area contributed by atoms with Crippen molar-refractivity contribution in [1.82, 2.24) is 0 Å². The maximum Gasteiger partial charge on any atom is 0.306 e. The summed E-state index contributed by atoms with van der Waals surface area (Å²) in [4.78, 5) is 38.5. The van der Waals surface area contributed by atoms with Gasteiger partial charge in [-0.15, -0.1) is 0 Å². The number of esters is 3. The van der Waals surface area contributed by atoms with Crippen LogP contribution in [-0.4, -0.2) is 37.2 Å². The van der Waals surface area contributed by atoms with Crippen LogP contribution in [0.15, 0.2) is 97.2 Å². The Labute approximate surface area is 515 Å². The highest BCUT2D eigenvalue weighted by molar-refractivity contribution is 5.71. The molecule has 0 saturated heterocycles. The molecule has 0 fully saturated rings. The van der Waals surface area contributed by atoms with Gasteiger partial charge in [-0.25, -0.2) is 0 Å². The van der Waals surface area contributed by atoms with Crippen LogP contribution in [0.5, 0.6) is 0 Å². The van der Waals surface area contributed by atoms with Crippen molar-refractivity contribution in [2.45, 2.75) is 361 Å². The molecule has 0 aliphatic rings. The minimum Gasteiger partial charge on any atom is -0.462 e. The van der Waals surface area contributed by atoms with E-state index in [0.29, 0.717) is 19.3 Å². The molecule has 0 spiro atoms. The summed E-state index contributed by atoms with van der Waals surface area (Å²) in [5, 5.41) is 0. The second kappa shape index (κ2) is 70.8. The van der Waals surface area contributed by atoms with E-state index in [1.807, 2.05) is 0 Å². The first-order chi connectivity index (χ1) is 41.0. The van der Waals surface area contributed by atoms with Gasteiger partial charge in [-0.1, -0.05) is 311 Å². The molecule has 83 heavy (non-hydrogen) atoms. The molecule has 1 atom stereocenters. The van der Waals surface area contributed by atoms with E-state index in [2.05, 4.69) is 118 Å². The molecule has 478 valence electrons. The van der Waals surface area contributed by atoms with Crippen LogP contribution < -0.4 is 0 Å². The van der Waals surface area contributed by atoms with Crippen LogP contribution in [0.25, 0.3) is 0 Å². The van der Waals surface area contributed by atoms with E-state index in [1.54, 1.807) is 0 Å². The van der Waals surface area contributed by atoms with Gasteiger partial charge in [-0.2, -0.15) is 0 Å². The number of rotatable bonds is 65. The molecule has 0 aliphatic heterocycles. The number of hydrogen-bond donors (Lipinski definition) is 0. The number of unbranched alkanes of at least 4 members (excludes halogenated alkanes) is 38. The Kier molecular flexibility index (Phi) is 67.7. The summed E-state index contributed by atoms with van der Waals surface area (Å²) in [6.45, 7) is 6.54. The molecule has 0 aromatic rings. The zero-order valence-corrected chi connectivity index (χ0v) is 54.9. The molecule has 0 radical (unpaired) electrons. The Morgan fingerprint density at radius 2 is 0.470 bits per heavy atom. The van der Waals surface area contributed by atoms with Gasteiger partial charge in [-0.3, -0.25) is 14.4 Å². The fourth-order valence-corrected chi connectivity index (χ4v) is 10.2. The van der Waals surface area contributed by atoms with Gasteiger partial charge in [0.1, 0.15) is 13.2 Å². The van der Waals surface area contributed by atoms with Crippen molar-refractivity contribution in [2.24, 2.45) is 0 Å². The second-order valence-corrected chi connectivity index (χ2v) is 23.8. The van der Waals surface area contributed by atoms with Gasteiger partial charge >= 0.3 is 17.9 Å². The predicted octanol–water partition coefficient (Wildman–Crippen LogP) is 24.8. The molecule has 0 aromatic heterocycles. The number of allylic oxidation sites excluding steroid dienone is 16. The molecule has 0 aromatic carbocycles. The zero-order chi connectivity index (χ0) is 59.9. The molecule has 0 bridgehead atoms. The van der Waals surface area contributed by atoms with E-state index in [0.717, 1.165) is 109 Å². The summed E-state index contributed by atoms with van der Waals surface area (Å²) in [6.07, 6.45) is 95.7. The first kappa shape index (κ1) is 79.3. The van der Waals surface area contributed by atoms with E-state index in [4.69, 9.17) is 14.2 Å². The maximum absolute atomic E-state index is 13.0. The predicted molar refractivity (Wildman–Crippen MR) is 362 cm³/mol. The lowest BCUT2D eigenvalue weighted by Gasteiger charge is -2.18. The summed E-state index contributed by atoms with van der Waals surface area (Å²) < 4.78 is 17.0. The van der Waals surface area contributed by atoms with Gasteiger partial charge in [0.25, 0.3) is 0 Å². The molecule has 0 saturated carbocycles. The van der Waals surface area contributed by atoms with Crippen LogP contribution in [-0.2, 0) is 28.6 Å². The highest BCUT2D eigenvalue weighted by Crippen LogP contribution is 2.17. The van der Waals surface area contributed by atoms with Crippen molar-refractivity contribution < 1.29 is 28.6 Å². The smallest absolute Gasteiger partial charge is 0.306 e. The van der Waals surface area contributed by atoms with Crippen LogP contribution in [0.1, 0.15) is 355 Å². The van der Waals surface area contributed by atoms with Gasteiger partial charge in [0.15, 0.2) is 6.10 Å². The van der Waals surface area contributed by atoms with E-state index in [9.17, 15) is 14.4 Å². The van der Waals surface area contributed by atoms with E-state index in [-0.39, 0.29) is 31.1 Å². The fraction of sp³-hybridized carbons (Fsp3) is 0.753. The molecule has 0 aliphatic carbocycles. The Balaban J connectivity index is 4.37. The van der Waals surface area contributed by atoms with Crippen LogP contribution in [0.3, 0.4) is 0 Å². The molecular weight excluding hydrogens is 1020 g/mol. The lowest BCUT2D eigenvalue weighted by atomic mass is 10.0. The minimum atomic E-state index is -0.787. The summed E-state index contributed by atoms with van der Waals surface area (Å²) >= 11 is 0. The topological polar surface area (TPSA) is 78.9 Å². The quantitative estimate of drug-likeness (QED) is 0.0261. The third-order valence-corrected chi connectivity index (χ3v) is 15.5. The number of hydrogen-bond acceptors (Lipinski definition) is 6. The normalized spacial score (nSPS) is 12.7. The minimum absolute atomic E-state index is 0.0820. The maximum atomic E-state index is 13.0. The van der Waals surface area contributed by atoms with Crippen molar-refractivity contribution in [1.29, 1.82) is 0 Å². The van der Waals surface area contributed by atoms with Gasteiger partial charge in [-0.05, 0) is 122 Å². The SMILES string of the molecule is CC/C=C\C/C=C\C/C=C\C/C=C\C/C=C\CCCCCCCCCCCC(=O)OCC(COC(=O)CCCCCCCCC/C=C\C/C=C\CCCCC)OC(=O)CCCCCCCCCCCCC/C=C\CCCCCCCCCC. The Bertz CT molecular complexity index is 1610. The fourth-order valence-electron chi connectivity index (χ4n) is 10.2. The molecule has 1 unspecified atom stereocenters. The molecule has 0 N–H and O–H groups in total. The van der Waals surface area contributed by atoms with Gasteiger partial charge in [0.05, 0.1) is 0 Å². The monoisotopic (exact) mass is 1160 g/mol. The molecular formula is C77H134O6. The average molecular weight is 1160 g/mol. The average Bonchev–Trinajstić information content (AvgIpc) is 3.49. The van der Waals surface area contributed by atoms with Gasteiger partial charge in [0, 0.05) is 19.3 Å². The molecule has 0 rings (SSSR count). The Morgan fingerprint density at radius 3 is 0.771 bits per heavy atom. The lowest BCUT2D eigenvalue weighted by Crippen LogP contribution is -2.30. The highest BCUT2D eigenvalue weighted by atomic mass is 16.6. The molecule has 6 nitrogen and oxygen atoms in total. The van der Waals surface area contributed by atoms with Crippen molar-refractivity contribution in [3.63, 3.8) is 0 Å².